The van der Waals surface area contributed by atoms with Crippen molar-refractivity contribution >= 4 is 41.2 Å². The molecule has 0 bridgehead atoms. The van der Waals surface area contributed by atoms with Gasteiger partial charge in [-0.25, -0.2) is 4.98 Å². The maximum absolute atomic E-state index is 12.4. The van der Waals surface area contributed by atoms with Gasteiger partial charge in [-0.2, -0.15) is 0 Å². The zero-order chi connectivity index (χ0) is 19.4. The van der Waals surface area contributed by atoms with Gasteiger partial charge in [0.25, 0.3) is 0 Å². The van der Waals surface area contributed by atoms with Crippen molar-refractivity contribution in [1.29, 1.82) is 0 Å². The third kappa shape index (κ3) is 5.80. The number of hydrogen-bond acceptors (Lipinski definition) is 5. The second-order valence-electron chi connectivity index (χ2n) is 7.80. The lowest BCUT2D eigenvalue weighted by molar-refractivity contribution is -0.152. The summed E-state index contributed by atoms with van der Waals surface area (Å²) in [5.74, 6) is 2.57. The predicted molar refractivity (Wildman–Crippen MR) is 116 cm³/mol. The number of rotatable bonds is 7. The number of benzene rings is 1. The average Bonchev–Trinajstić information content (AvgIpc) is 3.02. The molecule has 156 valence electrons. The van der Waals surface area contributed by atoms with E-state index in [1.807, 2.05) is 25.1 Å². The fraction of sp³-hybridized carbons (Fsp3) is 0.619. The highest BCUT2D eigenvalue weighted by molar-refractivity contribution is 7.99. The zero-order valence-corrected chi connectivity index (χ0v) is 18.7. The number of aromatic amines is 1. The normalized spacial score (nSPS) is 22.1. The Hall–Kier alpha value is -1.40. The lowest BCUT2D eigenvalue weighted by Crippen LogP contribution is -2.36. The maximum Gasteiger partial charge on any atom is 0.316 e. The third-order valence-corrected chi connectivity index (χ3v) is 6.16. The number of aromatic nitrogens is 2. The predicted octanol–water partition coefficient (Wildman–Crippen LogP) is 5.48. The van der Waals surface area contributed by atoms with Crippen LogP contribution >= 0.6 is 24.2 Å². The van der Waals surface area contributed by atoms with E-state index in [9.17, 15) is 4.79 Å². The van der Waals surface area contributed by atoms with Gasteiger partial charge in [-0.3, -0.25) is 4.79 Å². The number of H-pyrrole nitrogens is 1. The second-order valence-corrected chi connectivity index (χ2v) is 8.76. The van der Waals surface area contributed by atoms with Gasteiger partial charge >= 0.3 is 5.97 Å². The molecule has 1 aliphatic rings. The van der Waals surface area contributed by atoms with E-state index >= 15 is 0 Å². The Kier molecular flexibility index (Phi) is 8.50. The molecule has 5 nitrogen and oxygen atoms in total. The molecule has 0 spiro atoms. The summed E-state index contributed by atoms with van der Waals surface area (Å²) in [5.41, 5.74) is 1.79. The largest absolute Gasteiger partial charge is 0.494 e. The number of nitrogens with one attached hydrogen (secondary N) is 1. The third-order valence-electron chi connectivity index (χ3n) is 5.31. The minimum atomic E-state index is -0.153. The standard InChI is InChI=1S/C21H30N2O3S.ClH/c1-5-25-15-7-9-17-18(11-15)23-21(22-17)27-12-20(24)26-19-10-14(4)6-8-16(19)13(2)3;/h7,9,11,13-14,16,19H,5-6,8,10,12H2,1-4H3,(H,22,23);1H. The molecular formula is C21H31ClN2O3S. The monoisotopic (exact) mass is 426 g/mol. The van der Waals surface area contributed by atoms with Gasteiger partial charge in [0, 0.05) is 6.07 Å². The Morgan fingerprint density at radius 3 is 2.86 bits per heavy atom. The number of esters is 1. The fourth-order valence-corrected chi connectivity index (χ4v) is 4.54. The Morgan fingerprint density at radius 1 is 1.36 bits per heavy atom. The minimum Gasteiger partial charge on any atom is -0.494 e. The van der Waals surface area contributed by atoms with Gasteiger partial charge in [-0.15, -0.1) is 12.4 Å². The molecule has 2 aromatic rings. The molecule has 0 saturated heterocycles. The zero-order valence-electron chi connectivity index (χ0n) is 17.1. The molecule has 28 heavy (non-hydrogen) atoms. The number of imidazole rings is 1. The van der Waals surface area contributed by atoms with Crippen molar-refractivity contribution in [3.8, 4) is 5.75 Å². The van der Waals surface area contributed by atoms with Crippen LogP contribution in [0.2, 0.25) is 0 Å². The first-order valence-electron chi connectivity index (χ1n) is 9.91. The van der Waals surface area contributed by atoms with Gasteiger partial charge in [-0.05, 0) is 49.7 Å². The van der Waals surface area contributed by atoms with Crippen molar-refractivity contribution in [2.45, 2.75) is 58.2 Å². The first-order valence-corrected chi connectivity index (χ1v) is 10.9. The number of thioether (sulfide) groups is 1. The number of halogens is 1. The van der Waals surface area contributed by atoms with Crippen LogP contribution in [-0.2, 0) is 9.53 Å². The topological polar surface area (TPSA) is 64.2 Å². The first kappa shape index (κ1) is 22.9. The maximum atomic E-state index is 12.4. The van der Waals surface area contributed by atoms with Crippen LogP contribution in [0.4, 0.5) is 0 Å². The molecule has 3 atom stereocenters. The molecule has 7 heteroatoms. The van der Waals surface area contributed by atoms with E-state index in [4.69, 9.17) is 9.47 Å². The Bertz CT molecular complexity index is 780. The van der Waals surface area contributed by atoms with Crippen molar-refractivity contribution in [3.05, 3.63) is 18.2 Å². The van der Waals surface area contributed by atoms with Crippen LogP contribution in [0, 0.1) is 17.8 Å². The number of ether oxygens (including phenoxy) is 2. The Morgan fingerprint density at radius 2 is 2.14 bits per heavy atom. The van der Waals surface area contributed by atoms with Crippen LogP contribution in [0.3, 0.4) is 0 Å². The molecule has 0 aliphatic heterocycles. The summed E-state index contributed by atoms with van der Waals surface area (Å²) in [4.78, 5) is 20.2. The van der Waals surface area contributed by atoms with Crippen LogP contribution < -0.4 is 4.74 Å². The Balaban J connectivity index is 0.00000280. The molecule has 3 unspecified atom stereocenters. The van der Waals surface area contributed by atoms with Gasteiger partial charge in [0.05, 0.1) is 23.4 Å². The molecule has 0 amide bonds. The van der Waals surface area contributed by atoms with Gasteiger partial charge in [0.1, 0.15) is 11.9 Å². The molecule has 1 aliphatic carbocycles. The van der Waals surface area contributed by atoms with E-state index in [2.05, 4.69) is 30.7 Å². The van der Waals surface area contributed by atoms with Gasteiger partial charge in [0.2, 0.25) is 0 Å². The van der Waals surface area contributed by atoms with Crippen LogP contribution in [-0.4, -0.2) is 34.4 Å². The highest BCUT2D eigenvalue weighted by atomic mass is 35.5. The number of carbonyl (C=O) groups is 1. The van der Waals surface area contributed by atoms with E-state index < -0.39 is 0 Å². The van der Waals surface area contributed by atoms with Crippen molar-refractivity contribution < 1.29 is 14.3 Å². The van der Waals surface area contributed by atoms with E-state index in [0.717, 1.165) is 34.8 Å². The average molecular weight is 427 g/mol. The summed E-state index contributed by atoms with van der Waals surface area (Å²) in [7, 11) is 0. The summed E-state index contributed by atoms with van der Waals surface area (Å²) >= 11 is 1.39. The molecule has 1 fully saturated rings. The quantitative estimate of drug-likeness (QED) is 0.469. The summed E-state index contributed by atoms with van der Waals surface area (Å²) in [5, 5.41) is 0.730. The molecule has 1 heterocycles. The van der Waals surface area contributed by atoms with Crippen LogP contribution in [0.15, 0.2) is 23.4 Å². The number of carbonyl (C=O) groups excluding carboxylic acids is 1. The minimum absolute atomic E-state index is 0. The lowest BCUT2D eigenvalue weighted by atomic mass is 9.75. The Labute approximate surface area is 177 Å². The van der Waals surface area contributed by atoms with Crippen molar-refractivity contribution in [3.63, 3.8) is 0 Å². The second kappa shape index (κ2) is 10.4. The summed E-state index contributed by atoms with van der Waals surface area (Å²) in [6, 6.07) is 5.77. The van der Waals surface area contributed by atoms with E-state index in [1.165, 1.54) is 18.2 Å². The summed E-state index contributed by atoms with van der Waals surface area (Å²) < 4.78 is 11.4. The molecule has 0 radical (unpaired) electrons. The SMILES string of the molecule is CCOc1ccc2nc(SCC(=O)OC3CC(C)CCC3C(C)C)[nH]c2c1.Cl. The van der Waals surface area contributed by atoms with Crippen LogP contribution in [0.25, 0.3) is 11.0 Å². The number of hydrogen-bond donors (Lipinski definition) is 1. The number of nitrogens with zero attached hydrogens (tertiary/aromatic N) is 1. The van der Waals surface area contributed by atoms with E-state index in [0.29, 0.717) is 24.4 Å². The van der Waals surface area contributed by atoms with E-state index in [-0.39, 0.29) is 30.2 Å². The number of fused-ring (bicyclic) bond motifs is 1. The summed E-state index contributed by atoms with van der Waals surface area (Å²) in [6.45, 7) is 9.28. The molecule has 1 saturated carbocycles. The smallest absolute Gasteiger partial charge is 0.316 e. The van der Waals surface area contributed by atoms with Crippen molar-refractivity contribution in [1.82, 2.24) is 9.97 Å². The highest BCUT2D eigenvalue weighted by Crippen LogP contribution is 2.35. The van der Waals surface area contributed by atoms with Crippen molar-refractivity contribution in [2.75, 3.05) is 12.4 Å². The van der Waals surface area contributed by atoms with Gasteiger partial charge < -0.3 is 14.5 Å². The highest BCUT2D eigenvalue weighted by Gasteiger charge is 2.33. The van der Waals surface area contributed by atoms with Crippen molar-refractivity contribution in [2.24, 2.45) is 17.8 Å². The van der Waals surface area contributed by atoms with Gasteiger partial charge in [0.15, 0.2) is 5.16 Å². The molecule has 1 aromatic carbocycles. The lowest BCUT2D eigenvalue weighted by Gasteiger charge is -2.36. The molecular weight excluding hydrogens is 396 g/mol. The fourth-order valence-electron chi connectivity index (χ4n) is 3.87. The summed E-state index contributed by atoms with van der Waals surface area (Å²) in [6.07, 6.45) is 3.40. The molecule has 3 rings (SSSR count). The van der Waals surface area contributed by atoms with Gasteiger partial charge in [-0.1, -0.05) is 39.0 Å². The van der Waals surface area contributed by atoms with Crippen LogP contribution in [0.5, 0.6) is 5.75 Å². The van der Waals surface area contributed by atoms with E-state index in [1.54, 1.807) is 0 Å². The molecule has 1 aromatic heterocycles. The van der Waals surface area contributed by atoms with Crippen LogP contribution in [0.1, 0.15) is 47.0 Å². The first-order chi connectivity index (χ1) is 13.0. The molecule has 1 N–H and O–H groups in total.